The molecule has 4 rings (SSSR count). The van der Waals surface area contributed by atoms with Crippen LogP contribution in [0.15, 0.2) is 42.5 Å². The smallest absolute Gasteiger partial charge is 0.408 e. The van der Waals surface area contributed by atoms with Gasteiger partial charge in [0.2, 0.25) is 0 Å². The van der Waals surface area contributed by atoms with Gasteiger partial charge in [0.15, 0.2) is 11.6 Å². The van der Waals surface area contributed by atoms with Crippen LogP contribution in [0.3, 0.4) is 0 Å². The fourth-order valence-corrected chi connectivity index (χ4v) is 5.76. The van der Waals surface area contributed by atoms with Gasteiger partial charge in [-0.05, 0) is 81.4 Å². The van der Waals surface area contributed by atoms with Crippen LogP contribution in [-0.2, 0) is 16.8 Å². The van der Waals surface area contributed by atoms with E-state index in [1.807, 2.05) is 20.2 Å². The normalized spacial score (nSPS) is 26.2. The number of carbonyl (C=O) groups is 2. The third kappa shape index (κ3) is 5.16. The van der Waals surface area contributed by atoms with Crippen molar-refractivity contribution in [3.8, 4) is 5.75 Å². The molecule has 1 aliphatic carbocycles. The lowest BCUT2D eigenvalue weighted by atomic mass is 9.70. The Labute approximate surface area is 209 Å². The summed E-state index contributed by atoms with van der Waals surface area (Å²) >= 11 is 0. The molecule has 1 saturated heterocycles. The zero-order valence-electron chi connectivity index (χ0n) is 20.5. The Kier molecular flexibility index (Phi) is 7.49. The minimum absolute atomic E-state index is 0.00656. The summed E-state index contributed by atoms with van der Waals surface area (Å²) in [5.74, 6) is -1.73. The van der Waals surface area contributed by atoms with Gasteiger partial charge in [-0.2, -0.15) is 0 Å². The van der Waals surface area contributed by atoms with E-state index in [0.29, 0.717) is 12.0 Å². The van der Waals surface area contributed by atoms with E-state index in [2.05, 4.69) is 4.90 Å². The zero-order chi connectivity index (χ0) is 26.0. The van der Waals surface area contributed by atoms with Crippen molar-refractivity contribution in [1.29, 1.82) is 0 Å². The number of amides is 1. The number of aliphatic carboxylic acids is 1. The molecule has 7 nitrogen and oxygen atoms in total. The molecule has 0 aromatic heterocycles. The van der Waals surface area contributed by atoms with Gasteiger partial charge in [0.05, 0.1) is 6.54 Å². The van der Waals surface area contributed by atoms with E-state index in [1.54, 1.807) is 24.3 Å². The van der Waals surface area contributed by atoms with Crippen LogP contribution in [0.25, 0.3) is 0 Å². The molecule has 1 saturated carbocycles. The molecule has 0 spiro atoms. The number of ether oxygens (including phenoxy) is 1. The van der Waals surface area contributed by atoms with Crippen molar-refractivity contribution in [3.63, 3.8) is 0 Å². The second-order valence-electron chi connectivity index (χ2n) is 10.1. The number of nitrogens with zero attached hydrogens (tertiary/aromatic N) is 2. The van der Waals surface area contributed by atoms with Crippen molar-refractivity contribution in [1.82, 2.24) is 9.80 Å². The lowest BCUT2D eigenvalue weighted by Gasteiger charge is -2.45. The molecule has 9 heteroatoms. The highest BCUT2D eigenvalue weighted by molar-refractivity contribution is 5.80. The van der Waals surface area contributed by atoms with Crippen molar-refractivity contribution in [2.75, 3.05) is 20.6 Å². The number of likely N-dealkylation sites (tertiary alicyclic amines) is 1. The average Bonchev–Trinajstić information content (AvgIpc) is 3.27. The van der Waals surface area contributed by atoms with Crippen LogP contribution >= 0.6 is 0 Å². The highest BCUT2D eigenvalue weighted by atomic mass is 19.1. The van der Waals surface area contributed by atoms with E-state index in [1.165, 1.54) is 12.1 Å². The first kappa shape index (κ1) is 25.9. The van der Waals surface area contributed by atoms with Crippen LogP contribution in [0, 0.1) is 17.6 Å². The number of rotatable bonds is 7. The summed E-state index contributed by atoms with van der Waals surface area (Å²) in [6, 6.07) is 10.4. The molecule has 2 aromatic rings. The molecule has 194 valence electrons. The maximum Gasteiger partial charge on any atom is 0.408 e. The van der Waals surface area contributed by atoms with E-state index >= 15 is 4.39 Å². The molecule has 0 unspecified atom stereocenters. The summed E-state index contributed by atoms with van der Waals surface area (Å²) < 4.78 is 35.0. The molecule has 2 atom stereocenters. The molecule has 36 heavy (non-hydrogen) atoms. The van der Waals surface area contributed by atoms with Gasteiger partial charge in [0, 0.05) is 12.0 Å². The van der Waals surface area contributed by atoms with E-state index in [4.69, 9.17) is 4.74 Å². The topological polar surface area (TPSA) is 90.3 Å². The van der Waals surface area contributed by atoms with Crippen LogP contribution in [0.4, 0.5) is 13.6 Å². The number of hydrogen-bond acceptors (Lipinski definition) is 4. The number of hydrogen-bond donors (Lipinski definition) is 2. The van der Waals surface area contributed by atoms with Gasteiger partial charge in [-0.1, -0.05) is 24.3 Å². The molecule has 2 aliphatic rings. The van der Waals surface area contributed by atoms with Crippen molar-refractivity contribution in [2.24, 2.45) is 5.92 Å². The lowest BCUT2D eigenvalue weighted by Crippen LogP contribution is -2.44. The molecular weight excluding hydrogens is 470 g/mol. The molecular formula is C27H32F2N2O5. The zero-order valence-corrected chi connectivity index (χ0v) is 20.5. The predicted molar refractivity (Wildman–Crippen MR) is 129 cm³/mol. The van der Waals surface area contributed by atoms with Gasteiger partial charge in [-0.15, -0.1) is 0 Å². The Morgan fingerprint density at radius 3 is 2.39 bits per heavy atom. The first-order chi connectivity index (χ1) is 17.1. The second-order valence-corrected chi connectivity index (χ2v) is 10.1. The largest absolute Gasteiger partial charge is 0.485 e. The molecule has 0 radical (unpaired) electrons. The van der Waals surface area contributed by atoms with E-state index in [0.717, 1.165) is 36.1 Å². The van der Waals surface area contributed by atoms with Crippen molar-refractivity contribution in [2.45, 2.75) is 56.2 Å². The number of benzene rings is 2. The fourth-order valence-electron chi connectivity index (χ4n) is 5.76. The predicted octanol–water partition coefficient (Wildman–Crippen LogP) is 4.74. The molecule has 1 heterocycles. The average molecular weight is 503 g/mol. The number of halogens is 2. The number of carboxylic acid groups (broad SMARTS) is 2. The van der Waals surface area contributed by atoms with Gasteiger partial charge in [-0.25, -0.2) is 18.4 Å². The lowest BCUT2D eigenvalue weighted by molar-refractivity contribution is -0.141. The molecule has 2 N–H and O–H groups in total. The van der Waals surface area contributed by atoms with Gasteiger partial charge in [0.1, 0.15) is 18.0 Å². The van der Waals surface area contributed by atoms with E-state index in [-0.39, 0.29) is 36.0 Å². The molecule has 1 aliphatic heterocycles. The quantitative estimate of drug-likeness (QED) is 0.569. The third-order valence-corrected chi connectivity index (χ3v) is 7.79. The van der Waals surface area contributed by atoms with Crippen LogP contribution < -0.4 is 4.74 Å². The van der Waals surface area contributed by atoms with Gasteiger partial charge in [0.25, 0.3) is 0 Å². The monoisotopic (exact) mass is 502 g/mol. The standard InChI is InChI=1S/C27H32F2N2O5/c1-30(2)27(19-6-4-7-20(28)14-19)11-9-17(10-12-27)13-18-5-3-8-23(24(18)29)36-21-15-22(25(32)33)31(16-21)26(34)35/h3-8,14,17,21-22H,9-13,15-16H2,1-2H3,(H,32,33)(H,34,35)/t17?,21-,22-,27?/m0/s1. The summed E-state index contributed by atoms with van der Waals surface area (Å²) in [5.41, 5.74) is 1.21. The van der Waals surface area contributed by atoms with Crippen molar-refractivity contribution in [3.05, 3.63) is 65.2 Å². The van der Waals surface area contributed by atoms with Gasteiger partial charge >= 0.3 is 12.1 Å². The first-order valence-corrected chi connectivity index (χ1v) is 12.2. The fraction of sp³-hybridized carbons (Fsp3) is 0.481. The summed E-state index contributed by atoms with van der Waals surface area (Å²) in [6.07, 6.45) is 1.78. The second kappa shape index (κ2) is 10.4. The maximum atomic E-state index is 15.4. The molecule has 1 amide bonds. The maximum absolute atomic E-state index is 15.4. The highest BCUT2D eigenvalue weighted by Gasteiger charge is 2.42. The van der Waals surface area contributed by atoms with Crippen LogP contribution in [0.2, 0.25) is 0 Å². The van der Waals surface area contributed by atoms with E-state index < -0.39 is 30.0 Å². The number of carboxylic acids is 1. The Bertz CT molecular complexity index is 1100. The first-order valence-electron chi connectivity index (χ1n) is 12.2. The van der Waals surface area contributed by atoms with Crippen molar-refractivity contribution < 1.29 is 33.3 Å². The minimum atomic E-state index is -1.34. The van der Waals surface area contributed by atoms with Gasteiger partial charge in [-0.3, -0.25) is 9.80 Å². The molecule has 2 aromatic carbocycles. The highest BCUT2D eigenvalue weighted by Crippen LogP contribution is 2.44. The van der Waals surface area contributed by atoms with Crippen LogP contribution in [-0.4, -0.2) is 64.9 Å². The minimum Gasteiger partial charge on any atom is -0.485 e. The van der Waals surface area contributed by atoms with Crippen LogP contribution in [0.5, 0.6) is 5.75 Å². The van der Waals surface area contributed by atoms with Gasteiger partial charge < -0.3 is 14.9 Å². The molecule has 0 bridgehead atoms. The summed E-state index contributed by atoms with van der Waals surface area (Å²) in [4.78, 5) is 25.7. The Balaban J connectivity index is 1.43. The van der Waals surface area contributed by atoms with E-state index in [9.17, 15) is 24.2 Å². The Morgan fingerprint density at radius 1 is 1.11 bits per heavy atom. The summed E-state index contributed by atoms with van der Waals surface area (Å²) in [6.45, 7) is -0.134. The Morgan fingerprint density at radius 2 is 1.81 bits per heavy atom. The third-order valence-electron chi connectivity index (χ3n) is 7.79. The van der Waals surface area contributed by atoms with Crippen LogP contribution in [0.1, 0.15) is 43.2 Å². The molecule has 2 fully saturated rings. The van der Waals surface area contributed by atoms with Crippen molar-refractivity contribution >= 4 is 12.1 Å². The summed E-state index contributed by atoms with van der Waals surface area (Å²) in [7, 11) is 4.02. The Hall–Kier alpha value is -3.20. The summed E-state index contributed by atoms with van der Waals surface area (Å²) in [5, 5.41) is 18.6. The SMILES string of the molecule is CN(C)C1(c2cccc(F)c2)CCC(Cc2cccc(O[C@H]3C[C@@H](C(=O)O)N(C(=O)O)C3)c2F)CC1.